The van der Waals surface area contributed by atoms with E-state index in [2.05, 4.69) is 52.1 Å². The summed E-state index contributed by atoms with van der Waals surface area (Å²) >= 11 is 2.29. The summed E-state index contributed by atoms with van der Waals surface area (Å²) in [6.07, 6.45) is 1.96. The summed E-state index contributed by atoms with van der Waals surface area (Å²) in [4.78, 5) is 0. The number of hydrogen-bond donors (Lipinski definition) is 2. The lowest BCUT2D eigenvalue weighted by molar-refractivity contribution is 0.740. The van der Waals surface area contributed by atoms with Crippen molar-refractivity contribution < 1.29 is 0 Å². The van der Waals surface area contributed by atoms with E-state index in [1.54, 1.807) is 4.68 Å². The molecule has 0 amide bonds. The van der Waals surface area contributed by atoms with Gasteiger partial charge in [-0.2, -0.15) is 5.10 Å². The molecule has 4 nitrogen and oxygen atoms in total. The molecular formula is C13H17IN4. The first-order valence-corrected chi connectivity index (χ1v) is 7.03. The van der Waals surface area contributed by atoms with E-state index in [9.17, 15) is 0 Å². The molecule has 1 aromatic carbocycles. The Morgan fingerprint density at radius 2 is 2.22 bits per heavy atom. The molecule has 0 bridgehead atoms. The van der Waals surface area contributed by atoms with Gasteiger partial charge < -0.3 is 11.1 Å². The van der Waals surface area contributed by atoms with Gasteiger partial charge in [-0.1, -0.05) is 19.4 Å². The van der Waals surface area contributed by atoms with Gasteiger partial charge in [0.05, 0.1) is 11.4 Å². The van der Waals surface area contributed by atoms with Crippen molar-refractivity contribution >= 4 is 39.8 Å². The van der Waals surface area contributed by atoms with Crippen molar-refractivity contribution in [2.75, 3.05) is 11.1 Å². The summed E-state index contributed by atoms with van der Waals surface area (Å²) in [6.45, 7) is 2.13. The van der Waals surface area contributed by atoms with E-state index < -0.39 is 0 Å². The third kappa shape index (κ3) is 2.77. The summed E-state index contributed by atoms with van der Waals surface area (Å²) < 4.78 is 2.99. The molecule has 2 aromatic rings. The third-order valence-corrected chi connectivity index (χ3v) is 3.41. The van der Waals surface area contributed by atoms with Crippen LogP contribution >= 0.6 is 22.6 Å². The number of benzene rings is 1. The van der Waals surface area contributed by atoms with Crippen LogP contribution in [0.4, 0.5) is 17.2 Å². The van der Waals surface area contributed by atoms with Crippen LogP contribution in [-0.2, 0) is 13.5 Å². The number of rotatable bonds is 4. The zero-order valence-electron chi connectivity index (χ0n) is 10.6. The summed E-state index contributed by atoms with van der Waals surface area (Å²) in [5.74, 6) is 0.862. The monoisotopic (exact) mass is 356 g/mol. The van der Waals surface area contributed by atoms with Crippen molar-refractivity contribution in [1.82, 2.24) is 9.78 Å². The van der Waals surface area contributed by atoms with Crippen LogP contribution in [0.15, 0.2) is 24.3 Å². The smallest absolute Gasteiger partial charge is 0.152 e. The number of nitrogen functional groups attached to an aromatic ring is 1. The highest BCUT2D eigenvalue weighted by Gasteiger charge is 2.12. The number of nitrogens with one attached hydrogen (secondary N) is 1. The van der Waals surface area contributed by atoms with Gasteiger partial charge in [0.2, 0.25) is 0 Å². The van der Waals surface area contributed by atoms with Gasteiger partial charge in [0.25, 0.3) is 0 Å². The molecule has 96 valence electrons. The Morgan fingerprint density at radius 3 is 2.89 bits per heavy atom. The van der Waals surface area contributed by atoms with E-state index in [0.29, 0.717) is 0 Å². The molecule has 0 spiro atoms. The second kappa shape index (κ2) is 5.60. The van der Waals surface area contributed by atoms with Gasteiger partial charge in [0.1, 0.15) is 0 Å². The highest BCUT2D eigenvalue weighted by Crippen LogP contribution is 2.27. The zero-order valence-corrected chi connectivity index (χ0v) is 12.7. The highest BCUT2D eigenvalue weighted by molar-refractivity contribution is 14.1. The number of aryl methyl sites for hydroxylation is 2. The molecular weight excluding hydrogens is 339 g/mol. The minimum absolute atomic E-state index is 0.748. The quantitative estimate of drug-likeness (QED) is 0.827. The molecule has 0 saturated heterocycles. The molecule has 0 fully saturated rings. The molecule has 3 N–H and O–H groups in total. The van der Waals surface area contributed by atoms with Gasteiger partial charge in [-0.25, -0.2) is 0 Å². The van der Waals surface area contributed by atoms with Crippen LogP contribution in [0.3, 0.4) is 0 Å². The van der Waals surface area contributed by atoms with Crippen LogP contribution in [0, 0.1) is 3.57 Å². The Morgan fingerprint density at radius 1 is 1.44 bits per heavy atom. The zero-order chi connectivity index (χ0) is 13.1. The predicted octanol–water partition coefficient (Wildman–Crippen LogP) is 3.30. The number of nitrogens with zero attached hydrogens (tertiary/aromatic N) is 2. The lowest BCUT2D eigenvalue weighted by atomic mass is 10.2. The van der Waals surface area contributed by atoms with Gasteiger partial charge >= 0.3 is 0 Å². The van der Waals surface area contributed by atoms with Crippen LogP contribution in [0.5, 0.6) is 0 Å². The van der Waals surface area contributed by atoms with Crippen molar-refractivity contribution in [3.05, 3.63) is 33.5 Å². The van der Waals surface area contributed by atoms with E-state index >= 15 is 0 Å². The summed E-state index contributed by atoms with van der Waals surface area (Å²) in [6, 6.07) is 8.17. The molecule has 0 saturated carbocycles. The maximum atomic E-state index is 6.13. The molecule has 0 atom stereocenters. The number of nitrogens with two attached hydrogens (primary N) is 1. The highest BCUT2D eigenvalue weighted by atomic mass is 127. The molecule has 0 aliphatic carbocycles. The number of hydrogen-bond acceptors (Lipinski definition) is 3. The van der Waals surface area contributed by atoms with Crippen molar-refractivity contribution in [3.63, 3.8) is 0 Å². The lowest BCUT2D eigenvalue weighted by Gasteiger charge is -2.08. The second-order valence-electron chi connectivity index (χ2n) is 4.22. The SMILES string of the molecule is CCCc1nn(C)c(Nc2cccc(I)c2)c1N. The molecule has 1 aromatic heterocycles. The molecule has 5 heteroatoms. The number of aromatic nitrogens is 2. The Hall–Kier alpha value is -1.24. The Labute approximate surface area is 121 Å². The maximum Gasteiger partial charge on any atom is 0.152 e. The van der Waals surface area contributed by atoms with Gasteiger partial charge in [-0.15, -0.1) is 0 Å². The summed E-state index contributed by atoms with van der Waals surface area (Å²) in [5, 5.41) is 7.78. The molecule has 18 heavy (non-hydrogen) atoms. The maximum absolute atomic E-state index is 6.13. The lowest BCUT2D eigenvalue weighted by Crippen LogP contribution is -2.01. The first kappa shape index (κ1) is 13.2. The van der Waals surface area contributed by atoms with Gasteiger partial charge in [0, 0.05) is 16.3 Å². The first-order valence-electron chi connectivity index (χ1n) is 5.95. The van der Waals surface area contributed by atoms with Gasteiger partial charge in [0.15, 0.2) is 5.82 Å². The van der Waals surface area contributed by atoms with Crippen molar-refractivity contribution in [1.29, 1.82) is 0 Å². The predicted molar refractivity (Wildman–Crippen MR) is 84.1 cm³/mol. The van der Waals surface area contributed by atoms with Crippen molar-refractivity contribution in [3.8, 4) is 0 Å². The first-order chi connectivity index (χ1) is 8.61. The fourth-order valence-corrected chi connectivity index (χ4v) is 2.41. The molecule has 1 heterocycles. The Bertz CT molecular complexity index is 548. The largest absolute Gasteiger partial charge is 0.394 e. The topological polar surface area (TPSA) is 55.9 Å². The molecule has 0 unspecified atom stereocenters. The summed E-state index contributed by atoms with van der Waals surface area (Å²) in [5.41, 5.74) is 8.87. The molecule has 0 aliphatic rings. The normalized spacial score (nSPS) is 10.6. The number of halogens is 1. The van der Waals surface area contributed by atoms with Crippen LogP contribution < -0.4 is 11.1 Å². The Balaban J connectivity index is 2.29. The van der Waals surface area contributed by atoms with Crippen LogP contribution in [-0.4, -0.2) is 9.78 Å². The fourth-order valence-electron chi connectivity index (χ4n) is 1.87. The van der Waals surface area contributed by atoms with E-state index in [0.717, 1.165) is 35.7 Å². The van der Waals surface area contributed by atoms with Crippen LogP contribution in [0.25, 0.3) is 0 Å². The van der Waals surface area contributed by atoms with Gasteiger partial charge in [-0.05, 0) is 47.2 Å². The summed E-state index contributed by atoms with van der Waals surface area (Å²) in [7, 11) is 1.91. The van der Waals surface area contributed by atoms with Gasteiger partial charge in [-0.3, -0.25) is 4.68 Å². The standard InChI is InChI=1S/C13H17IN4/c1-3-5-11-12(15)13(18(2)17-11)16-10-7-4-6-9(14)8-10/h4,6-8,16H,3,5,15H2,1-2H3. The van der Waals surface area contributed by atoms with E-state index in [1.165, 1.54) is 3.57 Å². The van der Waals surface area contributed by atoms with E-state index in [-0.39, 0.29) is 0 Å². The average molecular weight is 356 g/mol. The fraction of sp³-hybridized carbons (Fsp3) is 0.308. The van der Waals surface area contributed by atoms with Crippen LogP contribution in [0.2, 0.25) is 0 Å². The van der Waals surface area contributed by atoms with Crippen molar-refractivity contribution in [2.45, 2.75) is 19.8 Å². The number of anilines is 3. The van der Waals surface area contributed by atoms with Crippen LogP contribution in [0.1, 0.15) is 19.0 Å². The van der Waals surface area contributed by atoms with Crippen molar-refractivity contribution in [2.24, 2.45) is 7.05 Å². The molecule has 2 rings (SSSR count). The minimum Gasteiger partial charge on any atom is -0.394 e. The van der Waals surface area contributed by atoms with E-state index in [1.807, 2.05) is 19.2 Å². The minimum atomic E-state index is 0.748. The Kier molecular flexibility index (Phi) is 4.11. The average Bonchev–Trinajstić information content (AvgIpc) is 2.58. The molecule has 0 aliphatic heterocycles. The van der Waals surface area contributed by atoms with E-state index in [4.69, 9.17) is 5.73 Å². The second-order valence-corrected chi connectivity index (χ2v) is 5.46. The third-order valence-electron chi connectivity index (χ3n) is 2.73. The molecule has 0 radical (unpaired) electrons.